The van der Waals surface area contributed by atoms with E-state index in [9.17, 15) is 18.3 Å². The molecular formula is C13H20N2O4S. The lowest BCUT2D eigenvalue weighted by Crippen LogP contribution is -2.40. The first kappa shape index (κ1) is 15.1. The highest BCUT2D eigenvalue weighted by atomic mass is 32.2. The molecule has 1 aromatic heterocycles. The molecular weight excluding hydrogens is 280 g/mol. The number of carboxylic acid groups (broad SMARTS) is 1. The van der Waals surface area contributed by atoms with Gasteiger partial charge in [0.05, 0.1) is 0 Å². The second-order valence-corrected chi connectivity index (χ2v) is 7.94. The number of rotatable bonds is 5. The van der Waals surface area contributed by atoms with Crippen molar-refractivity contribution in [2.75, 3.05) is 0 Å². The van der Waals surface area contributed by atoms with Crippen LogP contribution in [0.5, 0.6) is 0 Å². The third kappa shape index (κ3) is 3.40. The molecule has 1 heterocycles. The Kier molecular flexibility index (Phi) is 3.68. The van der Waals surface area contributed by atoms with Crippen LogP contribution < -0.4 is 4.72 Å². The van der Waals surface area contributed by atoms with Gasteiger partial charge in [-0.15, -0.1) is 0 Å². The van der Waals surface area contributed by atoms with Crippen molar-refractivity contribution in [1.82, 2.24) is 9.29 Å². The second-order valence-electron chi connectivity index (χ2n) is 6.28. The minimum absolute atomic E-state index is 0.159. The highest BCUT2D eigenvalue weighted by molar-refractivity contribution is 7.89. The smallest absolute Gasteiger partial charge is 0.353 e. The van der Waals surface area contributed by atoms with E-state index in [2.05, 4.69) is 4.72 Å². The topological polar surface area (TPSA) is 88.4 Å². The largest absolute Gasteiger partial charge is 0.477 e. The van der Waals surface area contributed by atoms with Crippen LogP contribution >= 0.6 is 0 Å². The van der Waals surface area contributed by atoms with Gasteiger partial charge in [-0.3, -0.25) is 0 Å². The molecule has 0 aliphatic heterocycles. The van der Waals surface area contributed by atoms with Crippen molar-refractivity contribution in [3.63, 3.8) is 0 Å². The van der Waals surface area contributed by atoms with E-state index >= 15 is 0 Å². The summed E-state index contributed by atoms with van der Waals surface area (Å²) in [5, 5.41) is 9.32. The van der Waals surface area contributed by atoms with Gasteiger partial charge in [0.1, 0.15) is 10.6 Å². The molecule has 2 rings (SSSR count). The molecule has 1 aliphatic carbocycles. The van der Waals surface area contributed by atoms with Crippen LogP contribution in [0.4, 0.5) is 0 Å². The molecule has 0 saturated heterocycles. The van der Waals surface area contributed by atoms with Crippen molar-refractivity contribution in [2.24, 2.45) is 5.92 Å². The van der Waals surface area contributed by atoms with Crippen LogP contribution in [0.25, 0.3) is 0 Å². The number of nitrogens with zero attached hydrogens (tertiary/aromatic N) is 1. The fourth-order valence-electron chi connectivity index (χ4n) is 2.09. The number of hydrogen-bond donors (Lipinski definition) is 2. The molecule has 2 N–H and O–H groups in total. The van der Waals surface area contributed by atoms with Gasteiger partial charge >= 0.3 is 5.97 Å². The summed E-state index contributed by atoms with van der Waals surface area (Å²) >= 11 is 0. The molecule has 0 radical (unpaired) electrons. The highest BCUT2D eigenvalue weighted by Gasteiger charge is 2.31. The summed E-state index contributed by atoms with van der Waals surface area (Å²) in [7, 11) is -3.84. The number of aromatic carboxylic acids is 1. The molecule has 0 unspecified atom stereocenters. The maximum atomic E-state index is 12.3. The third-order valence-electron chi connectivity index (χ3n) is 3.01. The number of hydrogen-bond acceptors (Lipinski definition) is 3. The van der Waals surface area contributed by atoms with Crippen molar-refractivity contribution in [2.45, 2.75) is 50.6 Å². The first-order valence-electron chi connectivity index (χ1n) is 6.56. The first-order valence-corrected chi connectivity index (χ1v) is 8.05. The van der Waals surface area contributed by atoms with E-state index in [1.165, 1.54) is 10.6 Å². The Balaban J connectivity index is 2.40. The Labute approximate surface area is 118 Å². The zero-order valence-corrected chi connectivity index (χ0v) is 12.7. The van der Waals surface area contributed by atoms with Gasteiger partial charge < -0.3 is 9.67 Å². The van der Waals surface area contributed by atoms with Gasteiger partial charge in [0, 0.05) is 18.3 Å². The molecule has 1 fully saturated rings. The van der Waals surface area contributed by atoms with Gasteiger partial charge in [-0.05, 0) is 45.6 Å². The number of aromatic nitrogens is 1. The molecule has 20 heavy (non-hydrogen) atoms. The van der Waals surface area contributed by atoms with E-state index in [4.69, 9.17) is 0 Å². The number of nitrogens with one attached hydrogen (secondary N) is 1. The summed E-state index contributed by atoms with van der Waals surface area (Å²) in [6.07, 6.45) is 3.68. The summed E-state index contributed by atoms with van der Waals surface area (Å²) in [6, 6.07) is 1.36. The minimum atomic E-state index is -3.84. The first-order chi connectivity index (χ1) is 9.10. The van der Waals surface area contributed by atoms with Crippen LogP contribution in [0.2, 0.25) is 0 Å². The van der Waals surface area contributed by atoms with E-state index in [0.717, 1.165) is 12.8 Å². The van der Waals surface area contributed by atoms with Crippen LogP contribution in [0, 0.1) is 5.92 Å². The molecule has 0 bridgehead atoms. The maximum Gasteiger partial charge on any atom is 0.353 e. The lowest BCUT2D eigenvalue weighted by atomic mass is 10.1. The van der Waals surface area contributed by atoms with Gasteiger partial charge in [-0.25, -0.2) is 17.9 Å². The van der Waals surface area contributed by atoms with Crippen molar-refractivity contribution in [3.8, 4) is 0 Å². The number of carboxylic acids is 1. The molecule has 0 amide bonds. The summed E-state index contributed by atoms with van der Waals surface area (Å²) in [5.74, 6) is -0.753. The van der Waals surface area contributed by atoms with Gasteiger partial charge in [-0.2, -0.15) is 0 Å². The third-order valence-corrected chi connectivity index (χ3v) is 4.80. The Morgan fingerprint density at radius 1 is 1.45 bits per heavy atom. The molecule has 1 aliphatic rings. The molecule has 112 valence electrons. The monoisotopic (exact) mass is 300 g/mol. The zero-order valence-electron chi connectivity index (χ0n) is 11.9. The standard InChI is InChI=1S/C13H20N2O4S/c1-13(2,3)14-20(18,19)10-6-7-15(8-9-4-5-9)11(10)12(16)17/h6-7,9,14H,4-5,8H2,1-3H3,(H,16,17). The number of carbonyl (C=O) groups is 1. The predicted octanol–water partition coefficient (Wildman–Crippen LogP) is 1.67. The van der Waals surface area contributed by atoms with Crippen molar-refractivity contribution in [3.05, 3.63) is 18.0 Å². The van der Waals surface area contributed by atoms with Crippen LogP contribution in [-0.4, -0.2) is 29.6 Å². The van der Waals surface area contributed by atoms with E-state index in [1.54, 1.807) is 27.0 Å². The molecule has 0 spiro atoms. The van der Waals surface area contributed by atoms with Gasteiger partial charge in [-0.1, -0.05) is 0 Å². The van der Waals surface area contributed by atoms with Gasteiger partial charge in [0.2, 0.25) is 10.0 Å². The van der Waals surface area contributed by atoms with Crippen molar-refractivity contribution in [1.29, 1.82) is 0 Å². The minimum Gasteiger partial charge on any atom is -0.477 e. The second kappa shape index (κ2) is 4.89. The summed E-state index contributed by atoms with van der Waals surface area (Å²) in [6.45, 7) is 5.71. The predicted molar refractivity (Wildman–Crippen MR) is 74.2 cm³/mol. The Morgan fingerprint density at radius 3 is 2.50 bits per heavy atom. The van der Waals surface area contributed by atoms with Crippen LogP contribution in [0.1, 0.15) is 44.1 Å². The molecule has 1 aromatic rings. The van der Waals surface area contributed by atoms with Gasteiger partial charge in [0.15, 0.2) is 0 Å². The van der Waals surface area contributed by atoms with Gasteiger partial charge in [0.25, 0.3) is 0 Å². The number of sulfonamides is 1. The summed E-state index contributed by atoms with van der Waals surface area (Å²) in [5.41, 5.74) is -0.818. The van der Waals surface area contributed by atoms with E-state index in [0.29, 0.717) is 12.5 Å². The Morgan fingerprint density at radius 2 is 2.05 bits per heavy atom. The van der Waals surface area contributed by atoms with E-state index in [1.807, 2.05) is 0 Å². The highest BCUT2D eigenvalue weighted by Crippen LogP contribution is 2.32. The quantitative estimate of drug-likeness (QED) is 0.866. The van der Waals surface area contributed by atoms with Crippen LogP contribution in [0.3, 0.4) is 0 Å². The molecule has 0 atom stereocenters. The summed E-state index contributed by atoms with van der Waals surface area (Å²) in [4.78, 5) is 11.2. The fraction of sp³-hybridized carbons (Fsp3) is 0.615. The maximum absolute atomic E-state index is 12.3. The average molecular weight is 300 g/mol. The Hall–Kier alpha value is -1.34. The van der Waals surface area contributed by atoms with E-state index in [-0.39, 0.29) is 10.6 Å². The lowest BCUT2D eigenvalue weighted by Gasteiger charge is -2.20. The zero-order chi connectivity index (χ0) is 15.1. The summed E-state index contributed by atoms with van der Waals surface area (Å²) < 4.78 is 28.6. The van der Waals surface area contributed by atoms with Crippen molar-refractivity contribution >= 4 is 16.0 Å². The van der Waals surface area contributed by atoms with Crippen LogP contribution in [0.15, 0.2) is 17.2 Å². The average Bonchev–Trinajstić information content (AvgIpc) is 2.90. The molecule has 1 saturated carbocycles. The van der Waals surface area contributed by atoms with Crippen molar-refractivity contribution < 1.29 is 18.3 Å². The van der Waals surface area contributed by atoms with E-state index < -0.39 is 21.5 Å². The lowest BCUT2D eigenvalue weighted by molar-refractivity contribution is 0.0680. The molecule has 7 heteroatoms. The Bertz CT molecular complexity index is 621. The van der Waals surface area contributed by atoms with Crippen LogP contribution in [-0.2, 0) is 16.6 Å². The fourth-order valence-corrected chi connectivity index (χ4v) is 3.70. The normalized spacial score (nSPS) is 16.4. The SMILES string of the molecule is CC(C)(C)NS(=O)(=O)c1ccn(CC2CC2)c1C(=O)O. The molecule has 0 aromatic carbocycles. The molecule has 6 nitrogen and oxygen atoms in total.